The van der Waals surface area contributed by atoms with Crippen LogP contribution < -0.4 is 4.72 Å². The number of benzene rings is 3. The van der Waals surface area contributed by atoms with E-state index in [4.69, 9.17) is 0 Å². The number of aromatic carboxylic acids is 1. The van der Waals surface area contributed by atoms with Gasteiger partial charge in [0.05, 0.1) is 10.8 Å². The van der Waals surface area contributed by atoms with E-state index in [9.17, 15) is 18.3 Å². The Labute approximate surface area is 181 Å². The lowest BCUT2D eigenvalue weighted by atomic mass is 9.97. The Bertz CT molecular complexity index is 1170. The summed E-state index contributed by atoms with van der Waals surface area (Å²) in [5.74, 6) is -0.966. The first-order valence-corrected chi connectivity index (χ1v) is 12.1. The molecule has 0 spiro atoms. The van der Waals surface area contributed by atoms with Gasteiger partial charge < -0.3 is 5.11 Å². The maximum absolute atomic E-state index is 12.1. The maximum atomic E-state index is 12.1. The van der Waals surface area contributed by atoms with Crippen molar-refractivity contribution in [3.05, 3.63) is 72.3 Å². The van der Waals surface area contributed by atoms with E-state index in [1.54, 1.807) is 55.9 Å². The Morgan fingerprint density at radius 2 is 1.60 bits per heavy atom. The second-order valence-corrected chi connectivity index (χ2v) is 10.2. The monoisotopic (exact) mass is 441 g/mol. The number of carbonyl (C=O) groups is 1. The lowest BCUT2D eigenvalue weighted by Crippen LogP contribution is -2.22. The first-order valence-electron chi connectivity index (χ1n) is 9.35. The van der Waals surface area contributed by atoms with E-state index in [2.05, 4.69) is 4.72 Å². The number of carboxylic acids is 1. The molecule has 0 fully saturated rings. The fraction of sp³-hybridized carbons (Fsp3) is 0.174. The minimum Gasteiger partial charge on any atom is -0.478 e. The van der Waals surface area contributed by atoms with Crippen LogP contribution in [0.2, 0.25) is 0 Å². The number of anilines is 1. The molecule has 0 aliphatic rings. The van der Waals surface area contributed by atoms with Gasteiger partial charge in [-0.15, -0.1) is 11.8 Å². The summed E-state index contributed by atoms with van der Waals surface area (Å²) < 4.78 is 26.9. The molecule has 156 valence electrons. The molecule has 0 amide bonds. The number of hydrogen-bond donors (Lipinski definition) is 2. The number of carboxylic acid groups (broad SMARTS) is 1. The van der Waals surface area contributed by atoms with Crippen LogP contribution in [0.5, 0.6) is 0 Å². The topological polar surface area (TPSA) is 83.5 Å². The van der Waals surface area contributed by atoms with Crippen molar-refractivity contribution in [1.29, 1.82) is 0 Å². The van der Waals surface area contributed by atoms with Crippen LogP contribution in [0.25, 0.3) is 22.3 Å². The van der Waals surface area contributed by atoms with Crippen molar-refractivity contribution in [2.75, 3.05) is 11.0 Å². The molecule has 30 heavy (non-hydrogen) atoms. The summed E-state index contributed by atoms with van der Waals surface area (Å²) in [5, 5.41) is 9.00. The van der Waals surface area contributed by atoms with Gasteiger partial charge in [-0.2, -0.15) is 0 Å². The predicted molar refractivity (Wildman–Crippen MR) is 124 cm³/mol. The molecule has 3 aromatic rings. The zero-order valence-corrected chi connectivity index (χ0v) is 18.5. The number of hydrogen-bond acceptors (Lipinski definition) is 4. The van der Waals surface area contributed by atoms with Gasteiger partial charge in [0.15, 0.2) is 0 Å². The van der Waals surface area contributed by atoms with Gasteiger partial charge >= 0.3 is 5.97 Å². The normalized spacial score (nSPS) is 11.5. The molecule has 0 aromatic heterocycles. The first kappa shape index (κ1) is 21.9. The van der Waals surface area contributed by atoms with E-state index in [0.29, 0.717) is 11.3 Å². The van der Waals surface area contributed by atoms with E-state index >= 15 is 0 Å². The zero-order valence-electron chi connectivity index (χ0n) is 16.9. The number of nitrogens with one attached hydrogen (secondary N) is 1. The van der Waals surface area contributed by atoms with Crippen LogP contribution in [0, 0.1) is 0 Å². The molecular formula is C23H23NO4S2. The summed E-state index contributed by atoms with van der Waals surface area (Å²) in [6.45, 7) is 3.25. The fourth-order valence-electron chi connectivity index (χ4n) is 2.96. The number of rotatable bonds is 7. The third-order valence-corrected chi connectivity index (χ3v) is 7.22. The highest BCUT2D eigenvalue weighted by atomic mass is 32.2. The lowest BCUT2D eigenvalue weighted by molar-refractivity contribution is 0.0697. The van der Waals surface area contributed by atoms with Gasteiger partial charge in [-0.1, -0.05) is 36.4 Å². The van der Waals surface area contributed by atoms with Gasteiger partial charge in [-0.3, -0.25) is 4.72 Å². The van der Waals surface area contributed by atoms with Crippen molar-refractivity contribution >= 4 is 33.4 Å². The minimum atomic E-state index is -3.42. The standard InChI is InChI=1S/C23H23NO4S2/c1-15(2)30(27,28)24-19-6-4-5-18(13-19)16-7-9-17(10-8-16)22-14-20(29-3)11-12-21(22)23(25)26/h4-15,24H,1-3H3,(H,25,26). The van der Waals surface area contributed by atoms with Crippen LogP contribution in [-0.4, -0.2) is 31.0 Å². The Morgan fingerprint density at radius 1 is 0.933 bits per heavy atom. The molecule has 2 N–H and O–H groups in total. The van der Waals surface area contributed by atoms with E-state index in [1.807, 2.05) is 42.7 Å². The Morgan fingerprint density at radius 3 is 2.20 bits per heavy atom. The summed E-state index contributed by atoms with van der Waals surface area (Å²) in [7, 11) is -3.42. The van der Waals surface area contributed by atoms with E-state index in [-0.39, 0.29) is 5.56 Å². The van der Waals surface area contributed by atoms with Gasteiger partial charge in [-0.05, 0) is 72.7 Å². The summed E-state index contributed by atoms with van der Waals surface area (Å²) in [5.41, 5.74) is 4.00. The summed E-state index contributed by atoms with van der Waals surface area (Å²) in [4.78, 5) is 12.6. The Balaban J connectivity index is 1.94. The summed E-state index contributed by atoms with van der Waals surface area (Å²) >= 11 is 1.56. The molecule has 0 saturated heterocycles. The van der Waals surface area contributed by atoms with Crippen molar-refractivity contribution in [2.24, 2.45) is 0 Å². The third-order valence-electron chi connectivity index (χ3n) is 4.73. The van der Waals surface area contributed by atoms with Crippen molar-refractivity contribution in [3.8, 4) is 22.3 Å². The van der Waals surface area contributed by atoms with E-state index in [1.165, 1.54) is 0 Å². The summed E-state index contributed by atoms with van der Waals surface area (Å²) in [6.07, 6.45) is 1.95. The SMILES string of the molecule is CSc1ccc(C(=O)O)c(-c2ccc(-c3cccc(NS(=O)(=O)C(C)C)c3)cc2)c1. The highest BCUT2D eigenvalue weighted by molar-refractivity contribution is 7.98. The van der Waals surface area contributed by atoms with Gasteiger partial charge in [-0.25, -0.2) is 13.2 Å². The summed E-state index contributed by atoms with van der Waals surface area (Å²) in [6, 6.07) is 20.1. The van der Waals surface area contributed by atoms with Crippen LogP contribution in [0.15, 0.2) is 71.6 Å². The Hall–Kier alpha value is -2.77. The molecule has 0 atom stereocenters. The van der Waals surface area contributed by atoms with E-state index < -0.39 is 21.2 Å². The zero-order chi connectivity index (χ0) is 21.9. The van der Waals surface area contributed by atoms with Gasteiger partial charge in [0.2, 0.25) is 10.0 Å². The average molecular weight is 442 g/mol. The quantitative estimate of drug-likeness (QED) is 0.467. The van der Waals surface area contributed by atoms with Crippen molar-refractivity contribution in [2.45, 2.75) is 24.0 Å². The molecule has 0 aliphatic heterocycles. The smallest absolute Gasteiger partial charge is 0.336 e. The molecule has 0 bridgehead atoms. The molecule has 0 aliphatic carbocycles. The molecule has 0 saturated carbocycles. The molecule has 3 rings (SSSR count). The minimum absolute atomic E-state index is 0.255. The average Bonchev–Trinajstić information content (AvgIpc) is 2.73. The first-order chi connectivity index (χ1) is 14.2. The number of sulfonamides is 1. The van der Waals surface area contributed by atoms with Crippen molar-refractivity contribution in [3.63, 3.8) is 0 Å². The van der Waals surface area contributed by atoms with Crippen LogP contribution in [0.4, 0.5) is 5.69 Å². The van der Waals surface area contributed by atoms with Crippen molar-refractivity contribution < 1.29 is 18.3 Å². The van der Waals surface area contributed by atoms with Gasteiger partial charge in [0.1, 0.15) is 0 Å². The molecule has 0 heterocycles. The molecule has 3 aromatic carbocycles. The second kappa shape index (κ2) is 8.93. The van der Waals surface area contributed by atoms with Gasteiger partial charge in [0.25, 0.3) is 0 Å². The highest BCUT2D eigenvalue weighted by Crippen LogP contribution is 2.31. The second-order valence-electron chi connectivity index (χ2n) is 7.07. The van der Waals surface area contributed by atoms with Crippen LogP contribution in [0.1, 0.15) is 24.2 Å². The fourth-order valence-corrected chi connectivity index (χ4v) is 4.09. The van der Waals surface area contributed by atoms with Crippen LogP contribution in [-0.2, 0) is 10.0 Å². The molecule has 0 unspecified atom stereocenters. The molecule has 7 heteroatoms. The predicted octanol–water partition coefficient (Wildman–Crippen LogP) is 5.59. The molecule has 5 nitrogen and oxygen atoms in total. The van der Waals surface area contributed by atoms with Crippen molar-refractivity contribution in [1.82, 2.24) is 0 Å². The Kier molecular flexibility index (Phi) is 6.53. The largest absolute Gasteiger partial charge is 0.478 e. The highest BCUT2D eigenvalue weighted by Gasteiger charge is 2.16. The number of thioether (sulfide) groups is 1. The van der Waals surface area contributed by atoms with Gasteiger partial charge in [0, 0.05) is 10.6 Å². The maximum Gasteiger partial charge on any atom is 0.336 e. The third kappa shape index (κ3) is 4.86. The molecule has 0 radical (unpaired) electrons. The van der Waals surface area contributed by atoms with E-state index in [0.717, 1.165) is 21.6 Å². The van der Waals surface area contributed by atoms with Crippen LogP contribution >= 0.6 is 11.8 Å². The molecular weight excluding hydrogens is 418 g/mol. The van der Waals surface area contributed by atoms with Crippen LogP contribution in [0.3, 0.4) is 0 Å². The lowest BCUT2D eigenvalue weighted by Gasteiger charge is -2.12.